The van der Waals surface area contributed by atoms with Gasteiger partial charge in [0.05, 0.1) is 20.2 Å². The summed E-state index contributed by atoms with van der Waals surface area (Å²) in [4.78, 5) is 0. The molecule has 0 rings (SSSR count). The molecule has 0 N–H and O–H groups in total. The van der Waals surface area contributed by atoms with Crippen LogP contribution in [0.4, 0.5) is 0 Å². The van der Waals surface area contributed by atoms with Gasteiger partial charge >= 0.3 is 59.1 Å². The Balaban J connectivity index is -0.00000220. The molecule has 134 valence electrons. The molecule has 0 bridgehead atoms. The molecule has 0 radical (unpaired) electrons. The predicted molar refractivity (Wildman–Crippen MR) is 98.4 cm³/mol. The molecule has 6 nitrogen and oxygen atoms in total. The molecule has 0 atom stereocenters. The summed E-state index contributed by atoms with van der Waals surface area (Å²) in [6.45, 7) is 0. The second-order valence-electron chi connectivity index (χ2n) is 3.97. The van der Waals surface area contributed by atoms with E-state index in [0.717, 1.165) is 34.5 Å². The van der Waals surface area contributed by atoms with Crippen LogP contribution in [0, 0.1) is 0 Å². The van der Waals surface area contributed by atoms with E-state index in [1.807, 2.05) is 0 Å². The summed E-state index contributed by atoms with van der Waals surface area (Å²) >= 11 is 6.52. The van der Waals surface area contributed by atoms with E-state index in [-0.39, 0.29) is 70.6 Å². The Hall–Kier alpha value is 3.22. The number of rotatable bonds is 15. The van der Waals surface area contributed by atoms with Crippen LogP contribution in [-0.4, -0.2) is 83.5 Å². The first-order chi connectivity index (χ1) is 10.2. The topological polar surface area (TPSA) is 114 Å². The Bertz CT molecular complexity index is 428. The van der Waals surface area contributed by atoms with Gasteiger partial charge in [-0.3, -0.25) is 0 Å². The van der Waals surface area contributed by atoms with Gasteiger partial charge in [-0.2, -0.15) is 47.0 Å². The average Bonchev–Trinajstić information content (AvgIpc) is 2.36. The van der Waals surface area contributed by atoms with Crippen molar-refractivity contribution in [3.63, 3.8) is 0 Å². The second kappa shape index (κ2) is 19.5. The minimum atomic E-state index is -4.08. The molecular weight excluding hydrogens is 454 g/mol. The zero-order valence-corrected chi connectivity index (χ0v) is 22.9. The van der Waals surface area contributed by atoms with Crippen molar-refractivity contribution in [2.24, 2.45) is 0 Å². The van der Waals surface area contributed by atoms with Crippen LogP contribution in [0.5, 0.6) is 0 Å². The molecule has 0 unspecified atom stereocenters. The van der Waals surface area contributed by atoms with Crippen molar-refractivity contribution in [3.8, 4) is 0 Å². The Morgan fingerprint density at radius 3 is 0.917 bits per heavy atom. The van der Waals surface area contributed by atoms with Crippen LogP contribution in [0.2, 0.25) is 0 Å². The number of hydrogen-bond acceptors (Lipinski definition) is 10. The summed E-state index contributed by atoms with van der Waals surface area (Å²) < 4.78 is 62.1. The fourth-order valence-corrected chi connectivity index (χ4v) is 7.30. The Labute approximate surface area is 207 Å². The molecular formula is C10H20Na2O6S6. The summed E-state index contributed by atoms with van der Waals surface area (Å²) in [5.74, 6) is 5.66. The molecule has 0 aromatic heterocycles. The first-order valence-electron chi connectivity index (χ1n) is 6.39. The van der Waals surface area contributed by atoms with Crippen LogP contribution in [0.15, 0.2) is 0 Å². The standard InChI is InChI=1S/C10H22O6S6.2Na/c11-21(12,13)9-7-19-5-3-17-1-2-18-4-6-20-8-10-22(14,15)16;;/h1-10H2,(H,11,12,13)(H,14,15,16);;/q;2*+1/p-2. The molecule has 0 saturated carbocycles. The molecule has 0 heterocycles. The zero-order chi connectivity index (χ0) is 16.9. The molecule has 14 heteroatoms. The Morgan fingerprint density at radius 2 is 0.708 bits per heavy atom. The SMILES string of the molecule is O=S(=O)([O-])CCSCCSCCSCCSCCS(=O)(=O)[O-].[Na+].[Na+]. The van der Waals surface area contributed by atoms with Gasteiger partial charge in [-0.25, -0.2) is 16.8 Å². The van der Waals surface area contributed by atoms with Gasteiger partial charge in [-0.15, -0.1) is 0 Å². The summed E-state index contributed by atoms with van der Waals surface area (Å²) in [6, 6.07) is 0. The molecule has 0 fully saturated rings. The Morgan fingerprint density at radius 1 is 0.500 bits per heavy atom. The molecule has 0 aromatic rings. The van der Waals surface area contributed by atoms with Crippen LogP contribution >= 0.6 is 47.0 Å². The van der Waals surface area contributed by atoms with Crippen molar-refractivity contribution in [2.75, 3.05) is 57.5 Å². The van der Waals surface area contributed by atoms with Crippen LogP contribution in [-0.2, 0) is 20.2 Å². The van der Waals surface area contributed by atoms with Gasteiger partial charge in [0.1, 0.15) is 0 Å². The summed E-state index contributed by atoms with van der Waals surface area (Å²) in [5.41, 5.74) is 0. The van der Waals surface area contributed by atoms with E-state index in [9.17, 15) is 25.9 Å². The minimum Gasteiger partial charge on any atom is -0.748 e. The van der Waals surface area contributed by atoms with Crippen molar-refractivity contribution in [1.82, 2.24) is 0 Å². The van der Waals surface area contributed by atoms with E-state index in [1.54, 1.807) is 23.5 Å². The molecule has 24 heavy (non-hydrogen) atoms. The smallest absolute Gasteiger partial charge is 0.748 e. The maximum Gasteiger partial charge on any atom is 1.00 e. The normalized spacial score (nSPS) is 11.6. The maximum absolute atomic E-state index is 10.4. The molecule has 0 aliphatic heterocycles. The van der Waals surface area contributed by atoms with E-state index in [2.05, 4.69) is 0 Å². The van der Waals surface area contributed by atoms with E-state index < -0.39 is 20.2 Å². The number of hydrogen-bond donors (Lipinski definition) is 0. The first kappa shape index (κ1) is 31.9. The van der Waals surface area contributed by atoms with Crippen LogP contribution in [0.25, 0.3) is 0 Å². The van der Waals surface area contributed by atoms with Gasteiger partial charge < -0.3 is 9.11 Å². The molecule has 0 amide bonds. The van der Waals surface area contributed by atoms with Crippen LogP contribution in [0.3, 0.4) is 0 Å². The largest absolute Gasteiger partial charge is 1.00 e. The van der Waals surface area contributed by atoms with E-state index in [4.69, 9.17) is 0 Å². The van der Waals surface area contributed by atoms with Gasteiger partial charge in [0.15, 0.2) is 0 Å². The minimum absolute atomic E-state index is 0. The molecule has 0 spiro atoms. The molecule has 0 aliphatic carbocycles. The first-order valence-corrected chi connectivity index (χ1v) is 14.2. The molecule has 0 aromatic carbocycles. The van der Waals surface area contributed by atoms with Gasteiger partial charge in [0, 0.05) is 57.5 Å². The van der Waals surface area contributed by atoms with Crippen molar-refractivity contribution >= 4 is 67.3 Å². The van der Waals surface area contributed by atoms with Crippen LogP contribution in [0.1, 0.15) is 0 Å². The second-order valence-corrected chi connectivity index (χ2v) is 11.9. The fourth-order valence-electron chi connectivity index (χ4n) is 1.08. The predicted octanol–water partition coefficient (Wildman–Crippen LogP) is -4.98. The van der Waals surface area contributed by atoms with Gasteiger partial charge in [-0.1, -0.05) is 0 Å². The van der Waals surface area contributed by atoms with Gasteiger partial charge in [0.25, 0.3) is 0 Å². The van der Waals surface area contributed by atoms with Crippen molar-refractivity contribution in [2.45, 2.75) is 0 Å². The summed E-state index contributed by atoms with van der Waals surface area (Å²) in [7, 11) is -8.16. The van der Waals surface area contributed by atoms with E-state index in [1.165, 1.54) is 23.5 Å². The quantitative estimate of drug-likeness (QED) is 0.130. The third-order valence-electron chi connectivity index (χ3n) is 2.07. The Kier molecular flexibility index (Phi) is 26.0. The van der Waals surface area contributed by atoms with Gasteiger partial charge in [0.2, 0.25) is 0 Å². The third kappa shape index (κ3) is 30.0. The summed E-state index contributed by atoms with van der Waals surface area (Å²) in [6.07, 6.45) is 0. The van der Waals surface area contributed by atoms with E-state index in [0.29, 0.717) is 11.5 Å². The molecule has 0 aliphatic rings. The monoisotopic (exact) mass is 474 g/mol. The van der Waals surface area contributed by atoms with Crippen LogP contribution < -0.4 is 59.1 Å². The van der Waals surface area contributed by atoms with Crippen molar-refractivity contribution in [3.05, 3.63) is 0 Å². The van der Waals surface area contributed by atoms with Crippen molar-refractivity contribution < 1.29 is 85.1 Å². The molecule has 0 saturated heterocycles. The number of thioether (sulfide) groups is 4. The zero-order valence-electron chi connectivity index (χ0n) is 14.0. The van der Waals surface area contributed by atoms with E-state index >= 15 is 0 Å². The summed E-state index contributed by atoms with van der Waals surface area (Å²) in [5, 5.41) is 0. The maximum atomic E-state index is 10.4. The fraction of sp³-hybridized carbons (Fsp3) is 1.00. The van der Waals surface area contributed by atoms with Crippen molar-refractivity contribution in [1.29, 1.82) is 0 Å². The van der Waals surface area contributed by atoms with Gasteiger partial charge in [-0.05, 0) is 0 Å². The third-order valence-corrected chi connectivity index (χ3v) is 8.71. The average molecular weight is 475 g/mol.